The van der Waals surface area contributed by atoms with Gasteiger partial charge in [0.1, 0.15) is 24.1 Å². The summed E-state index contributed by atoms with van der Waals surface area (Å²) in [6.07, 6.45) is -4.92. The van der Waals surface area contributed by atoms with Gasteiger partial charge in [-0.3, -0.25) is 0 Å². The molecule has 0 aliphatic rings. The summed E-state index contributed by atoms with van der Waals surface area (Å²) >= 11 is 0. The van der Waals surface area contributed by atoms with Gasteiger partial charge < -0.3 is 31.1 Å². The first kappa shape index (κ1) is 15.7. The Kier molecular flexibility index (Phi) is 4.49. The Morgan fingerprint density at radius 3 is 2.38 bits per heavy atom. The molecule has 0 bridgehead atoms. The van der Waals surface area contributed by atoms with E-state index in [9.17, 15) is 24.1 Å². The fourth-order valence-electron chi connectivity index (χ4n) is 1.89. The summed E-state index contributed by atoms with van der Waals surface area (Å²) in [4.78, 5) is 6.50. The van der Waals surface area contributed by atoms with E-state index < -0.39 is 42.6 Å². The fraction of sp³-hybridized carbons (Fsp3) is 0.417. The zero-order valence-electron chi connectivity index (χ0n) is 10.7. The van der Waals surface area contributed by atoms with Crippen molar-refractivity contribution in [1.82, 2.24) is 9.97 Å². The molecule has 4 atom stereocenters. The molecule has 0 saturated heterocycles. The number of benzene rings is 1. The molecule has 2 rings (SSSR count). The molecule has 2 aromatic rings. The number of aromatic nitrogens is 2. The monoisotopic (exact) mass is 303 g/mol. The highest BCUT2D eigenvalue weighted by atomic mass is 19.2. The van der Waals surface area contributed by atoms with Crippen LogP contribution in [0.3, 0.4) is 0 Å². The molecule has 116 valence electrons. The number of aliphatic hydroxyl groups is 4. The van der Waals surface area contributed by atoms with Gasteiger partial charge in [0.05, 0.1) is 23.7 Å². The van der Waals surface area contributed by atoms with Crippen molar-refractivity contribution in [3.8, 4) is 0 Å². The third-order valence-corrected chi connectivity index (χ3v) is 3.16. The van der Waals surface area contributed by atoms with E-state index in [1.807, 2.05) is 0 Å². The van der Waals surface area contributed by atoms with Crippen LogP contribution in [0.2, 0.25) is 0 Å². The first-order valence-corrected chi connectivity index (χ1v) is 6.10. The molecule has 0 amide bonds. The molecule has 0 aliphatic carbocycles. The SMILES string of the molecule is NC(c1nc2cc(F)c(F)cc2[nH]1)[C@@H](O)[C@H](O)C(O)CO. The number of nitrogens with zero attached hydrogens (tertiary/aromatic N) is 1. The molecule has 7 nitrogen and oxygen atoms in total. The van der Waals surface area contributed by atoms with Gasteiger partial charge in [-0.15, -0.1) is 0 Å². The molecule has 1 heterocycles. The van der Waals surface area contributed by atoms with E-state index in [1.165, 1.54) is 0 Å². The summed E-state index contributed by atoms with van der Waals surface area (Å²) in [5.74, 6) is -2.17. The second-order valence-electron chi connectivity index (χ2n) is 4.66. The van der Waals surface area contributed by atoms with Gasteiger partial charge in [-0.2, -0.15) is 0 Å². The number of H-pyrrole nitrogens is 1. The summed E-state index contributed by atoms with van der Waals surface area (Å²) in [6.45, 7) is -0.762. The summed E-state index contributed by atoms with van der Waals surface area (Å²) in [7, 11) is 0. The quantitative estimate of drug-likeness (QED) is 0.416. The van der Waals surface area contributed by atoms with Gasteiger partial charge in [0.25, 0.3) is 0 Å². The van der Waals surface area contributed by atoms with Crippen LogP contribution >= 0.6 is 0 Å². The van der Waals surface area contributed by atoms with E-state index in [1.54, 1.807) is 0 Å². The van der Waals surface area contributed by atoms with Gasteiger partial charge in [-0.1, -0.05) is 0 Å². The maximum absolute atomic E-state index is 13.1. The molecular formula is C12H15F2N3O4. The van der Waals surface area contributed by atoms with Crippen molar-refractivity contribution in [3.63, 3.8) is 0 Å². The smallest absolute Gasteiger partial charge is 0.161 e. The Bertz CT molecular complexity index is 597. The first-order valence-electron chi connectivity index (χ1n) is 6.10. The lowest BCUT2D eigenvalue weighted by molar-refractivity contribution is -0.0844. The maximum atomic E-state index is 13.1. The number of nitrogens with two attached hydrogens (primary N) is 1. The Hall–Kier alpha value is -1.65. The van der Waals surface area contributed by atoms with Crippen LogP contribution in [0.15, 0.2) is 12.1 Å². The topological polar surface area (TPSA) is 136 Å². The van der Waals surface area contributed by atoms with E-state index >= 15 is 0 Å². The number of nitrogens with one attached hydrogen (secondary N) is 1. The van der Waals surface area contributed by atoms with Crippen molar-refractivity contribution < 1.29 is 29.2 Å². The fourth-order valence-corrected chi connectivity index (χ4v) is 1.89. The second-order valence-corrected chi connectivity index (χ2v) is 4.66. The Labute approximate surface area is 117 Å². The number of aromatic amines is 1. The highest BCUT2D eigenvalue weighted by Gasteiger charge is 2.31. The van der Waals surface area contributed by atoms with Crippen LogP contribution in [0.1, 0.15) is 11.9 Å². The zero-order chi connectivity index (χ0) is 15.7. The molecule has 0 fully saturated rings. The van der Waals surface area contributed by atoms with Crippen molar-refractivity contribution in [2.75, 3.05) is 6.61 Å². The van der Waals surface area contributed by atoms with Crippen LogP contribution in [0, 0.1) is 11.6 Å². The zero-order valence-corrected chi connectivity index (χ0v) is 10.7. The molecule has 0 spiro atoms. The van der Waals surface area contributed by atoms with Gasteiger partial charge >= 0.3 is 0 Å². The van der Waals surface area contributed by atoms with E-state index in [2.05, 4.69) is 9.97 Å². The summed E-state index contributed by atoms with van der Waals surface area (Å²) in [5.41, 5.74) is 5.96. The average Bonchev–Trinajstić information content (AvgIpc) is 2.87. The molecule has 7 N–H and O–H groups in total. The predicted molar refractivity (Wildman–Crippen MR) is 68.0 cm³/mol. The molecule has 0 saturated carbocycles. The summed E-state index contributed by atoms with van der Waals surface area (Å²) in [6, 6.07) is 0.502. The van der Waals surface area contributed by atoms with Crippen LogP contribution in [0.5, 0.6) is 0 Å². The van der Waals surface area contributed by atoms with Crippen molar-refractivity contribution in [2.24, 2.45) is 5.73 Å². The molecule has 0 aliphatic heterocycles. The van der Waals surface area contributed by atoms with Crippen molar-refractivity contribution in [2.45, 2.75) is 24.4 Å². The van der Waals surface area contributed by atoms with Crippen LogP contribution in [0.4, 0.5) is 8.78 Å². The van der Waals surface area contributed by atoms with E-state index in [0.717, 1.165) is 12.1 Å². The standard InChI is InChI=1S/C12H15F2N3O4/c13-4-1-6-7(2-5(4)14)17-12(16-6)9(15)11(21)10(20)8(19)3-18/h1-2,8-11,18-21H,3,15H2,(H,16,17)/t8?,9?,10-,11-/m1/s1. The van der Waals surface area contributed by atoms with E-state index in [-0.39, 0.29) is 16.9 Å². The molecular weight excluding hydrogens is 288 g/mol. The molecule has 1 aromatic heterocycles. The van der Waals surface area contributed by atoms with E-state index in [0.29, 0.717) is 0 Å². The molecule has 1 aromatic carbocycles. The number of halogens is 2. The Morgan fingerprint density at radius 2 is 1.76 bits per heavy atom. The van der Waals surface area contributed by atoms with Crippen LogP contribution in [-0.2, 0) is 0 Å². The molecule has 0 radical (unpaired) electrons. The predicted octanol–water partition coefficient (Wildman–Crippen LogP) is -1.08. The first-order chi connectivity index (χ1) is 9.85. The number of hydrogen-bond donors (Lipinski definition) is 6. The van der Waals surface area contributed by atoms with Gasteiger partial charge in [-0.05, 0) is 0 Å². The van der Waals surface area contributed by atoms with Gasteiger partial charge in [0, 0.05) is 12.1 Å². The van der Waals surface area contributed by atoms with Crippen LogP contribution < -0.4 is 5.73 Å². The number of imidazole rings is 1. The lowest BCUT2D eigenvalue weighted by Crippen LogP contribution is -2.45. The van der Waals surface area contributed by atoms with Crippen LogP contribution in [-0.4, -0.2) is 55.3 Å². The third kappa shape index (κ3) is 3.01. The third-order valence-electron chi connectivity index (χ3n) is 3.16. The lowest BCUT2D eigenvalue weighted by Gasteiger charge is -2.25. The minimum absolute atomic E-state index is 0.0216. The minimum Gasteiger partial charge on any atom is -0.394 e. The molecule has 9 heteroatoms. The van der Waals surface area contributed by atoms with Gasteiger partial charge in [-0.25, -0.2) is 13.8 Å². The van der Waals surface area contributed by atoms with E-state index in [4.69, 9.17) is 10.8 Å². The van der Waals surface area contributed by atoms with Crippen molar-refractivity contribution >= 4 is 11.0 Å². The van der Waals surface area contributed by atoms with Crippen molar-refractivity contribution in [1.29, 1.82) is 0 Å². The summed E-state index contributed by atoms with van der Waals surface area (Å²) < 4.78 is 26.2. The second kappa shape index (κ2) is 6.00. The average molecular weight is 303 g/mol. The highest BCUT2D eigenvalue weighted by Crippen LogP contribution is 2.21. The number of hydrogen-bond acceptors (Lipinski definition) is 6. The minimum atomic E-state index is -1.70. The van der Waals surface area contributed by atoms with Crippen molar-refractivity contribution in [3.05, 3.63) is 29.6 Å². The molecule has 2 unspecified atom stereocenters. The maximum Gasteiger partial charge on any atom is 0.161 e. The number of rotatable bonds is 5. The van der Waals surface area contributed by atoms with Gasteiger partial charge in [0.2, 0.25) is 0 Å². The molecule has 21 heavy (non-hydrogen) atoms. The number of aliphatic hydroxyl groups excluding tert-OH is 4. The lowest BCUT2D eigenvalue weighted by atomic mass is 10.0. The highest BCUT2D eigenvalue weighted by molar-refractivity contribution is 5.75. The van der Waals surface area contributed by atoms with Gasteiger partial charge in [0.15, 0.2) is 11.6 Å². The summed E-state index contributed by atoms with van der Waals surface area (Å²) in [5, 5.41) is 37.4. The Morgan fingerprint density at radius 1 is 1.14 bits per heavy atom. The van der Waals surface area contributed by atoms with Crippen LogP contribution in [0.25, 0.3) is 11.0 Å². The normalized spacial score (nSPS) is 17.7. The largest absolute Gasteiger partial charge is 0.394 e. The Balaban J connectivity index is 2.28. The number of fused-ring (bicyclic) bond motifs is 1.